The standard InChI is InChI=1S/C23H21N5O3/c1-27-21(29)12-18(13-24-27)28-10-9-16(14-28)22(30)25-17-7-8-20-19(11-17)26-23(31-20)15-5-3-2-4-6-15/h2-8,11-13,16H,9-10,14H2,1H3,(H,25,30). The number of rotatable bonds is 4. The second-order valence-corrected chi connectivity index (χ2v) is 7.66. The van der Waals surface area contributed by atoms with E-state index in [-0.39, 0.29) is 17.4 Å². The molecule has 1 fully saturated rings. The first kappa shape index (κ1) is 19.0. The van der Waals surface area contributed by atoms with E-state index in [1.165, 1.54) is 4.68 Å². The summed E-state index contributed by atoms with van der Waals surface area (Å²) in [6.45, 7) is 1.25. The average molecular weight is 415 g/mol. The van der Waals surface area contributed by atoms with E-state index in [0.29, 0.717) is 42.2 Å². The van der Waals surface area contributed by atoms with Gasteiger partial charge >= 0.3 is 0 Å². The molecule has 31 heavy (non-hydrogen) atoms. The zero-order valence-corrected chi connectivity index (χ0v) is 17.0. The van der Waals surface area contributed by atoms with Gasteiger partial charge in [-0.1, -0.05) is 18.2 Å². The quantitative estimate of drug-likeness (QED) is 0.551. The van der Waals surface area contributed by atoms with Crippen molar-refractivity contribution in [3.8, 4) is 11.5 Å². The highest BCUT2D eigenvalue weighted by molar-refractivity contribution is 5.95. The largest absolute Gasteiger partial charge is 0.436 e. The lowest BCUT2D eigenvalue weighted by molar-refractivity contribution is -0.119. The molecule has 156 valence electrons. The molecule has 8 heteroatoms. The number of hydrogen-bond donors (Lipinski definition) is 1. The van der Waals surface area contributed by atoms with E-state index in [9.17, 15) is 9.59 Å². The number of hydrogen-bond acceptors (Lipinski definition) is 6. The molecule has 0 aliphatic carbocycles. The summed E-state index contributed by atoms with van der Waals surface area (Å²) < 4.78 is 7.12. The Morgan fingerprint density at radius 2 is 2.00 bits per heavy atom. The van der Waals surface area contributed by atoms with Gasteiger partial charge in [-0.2, -0.15) is 5.10 Å². The van der Waals surface area contributed by atoms with E-state index in [1.54, 1.807) is 19.3 Å². The van der Waals surface area contributed by atoms with E-state index >= 15 is 0 Å². The van der Waals surface area contributed by atoms with Crippen molar-refractivity contribution in [3.05, 3.63) is 71.1 Å². The van der Waals surface area contributed by atoms with Crippen molar-refractivity contribution in [3.63, 3.8) is 0 Å². The molecule has 1 aliphatic rings. The number of nitrogens with zero attached hydrogens (tertiary/aromatic N) is 4. The number of anilines is 2. The van der Waals surface area contributed by atoms with Crippen LogP contribution in [-0.2, 0) is 11.8 Å². The van der Waals surface area contributed by atoms with Gasteiger partial charge in [0.25, 0.3) is 5.56 Å². The molecule has 3 heterocycles. The number of fused-ring (bicyclic) bond motifs is 1. The second-order valence-electron chi connectivity index (χ2n) is 7.66. The van der Waals surface area contributed by atoms with Crippen LogP contribution in [0.15, 0.2) is 70.0 Å². The molecule has 5 rings (SSSR count). The molecule has 4 aromatic rings. The van der Waals surface area contributed by atoms with Crippen LogP contribution in [0.2, 0.25) is 0 Å². The summed E-state index contributed by atoms with van der Waals surface area (Å²) in [5.74, 6) is 0.329. The molecule has 1 unspecified atom stereocenters. The minimum Gasteiger partial charge on any atom is -0.436 e. The highest BCUT2D eigenvalue weighted by atomic mass is 16.3. The minimum atomic E-state index is -0.169. The normalized spacial score (nSPS) is 16.0. The van der Waals surface area contributed by atoms with Crippen LogP contribution < -0.4 is 15.8 Å². The Morgan fingerprint density at radius 3 is 2.81 bits per heavy atom. The summed E-state index contributed by atoms with van der Waals surface area (Å²) >= 11 is 0. The van der Waals surface area contributed by atoms with Crippen molar-refractivity contribution in [1.82, 2.24) is 14.8 Å². The molecule has 0 radical (unpaired) electrons. The van der Waals surface area contributed by atoms with E-state index in [2.05, 4.69) is 15.4 Å². The molecule has 8 nitrogen and oxygen atoms in total. The molecular weight excluding hydrogens is 394 g/mol. The molecule has 1 atom stereocenters. The van der Waals surface area contributed by atoms with Gasteiger partial charge in [-0.25, -0.2) is 9.67 Å². The third-order valence-electron chi connectivity index (χ3n) is 5.55. The van der Waals surface area contributed by atoms with Crippen molar-refractivity contribution < 1.29 is 9.21 Å². The van der Waals surface area contributed by atoms with Gasteiger partial charge in [-0.3, -0.25) is 9.59 Å². The van der Waals surface area contributed by atoms with Crippen LogP contribution in [-0.4, -0.2) is 33.8 Å². The molecule has 0 spiro atoms. The number of benzene rings is 2. The minimum absolute atomic E-state index is 0.0505. The lowest BCUT2D eigenvalue weighted by Gasteiger charge is -2.18. The zero-order chi connectivity index (χ0) is 21.4. The van der Waals surface area contributed by atoms with Gasteiger partial charge in [0.1, 0.15) is 5.52 Å². The first-order valence-electron chi connectivity index (χ1n) is 10.1. The molecule has 1 aliphatic heterocycles. The van der Waals surface area contributed by atoms with E-state index in [4.69, 9.17) is 4.42 Å². The zero-order valence-electron chi connectivity index (χ0n) is 17.0. The summed E-state index contributed by atoms with van der Waals surface area (Å²) in [4.78, 5) is 31.2. The van der Waals surface area contributed by atoms with E-state index in [0.717, 1.165) is 11.3 Å². The van der Waals surface area contributed by atoms with Gasteiger partial charge < -0.3 is 14.6 Å². The summed E-state index contributed by atoms with van der Waals surface area (Å²) in [5.41, 5.74) is 3.52. The predicted molar refractivity (Wildman–Crippen MR) is 118 cm³/mol. The van der Waals surface area contributed by atoms with Crippen LogP contribution in [0.5, 0.6) is 0 Å². The molecule has 2 aromatic carbocycles. The Kier molecular flexibility index (Phi) is 4.74. The van der Waals surface area contributed by atoms with Crippen molar-refractivity contribution >= 4 is 28.4 Å². The Hall–Kier alpha value is -3.94. The maximum atomic E-state index is 12.8. The number of oxazole rings is 1. The number of aromatic nitrogens is 3. The Balaban J connectivity index is 1.29. The van der Waals surface area contributed by atoms with E-state index in [1.807, 2.05) is 53.4 Å². The van der Waals surface area contributed by atoms with Gasteiger partial charge in [0.05, 0.1) is 17.8 Å². The monoisotopic (exact) mass is 415 g/mol. The molecule has 1 N–H and O–H groups in total. The van der Waals surface area contributed by atoms with Crippen LogP contribution in [0.25, 0.3) is 22.6 Å². The van der Waals surface area contributed by atoms with Crippen LogP contribution in [0, 0.1) is 5.92 Å². The Bertz CT molecular complexity index is 1310. The second kappa shape index (κ2) is 7.71. The summed E-state index contributed by atoms with van der Waals surface area (Å²) in [6.07, 6.45) is 2.37. The Labute approximate surface area is 178 Å². The summed E-state index contributed by atoms with van der Waals surface area (Å²) in [5, 5.41) is 7.05. The number of nitrogens with one attached hydrogen (secondary N) is 1. The van der Waals surface area contributed by atoms with Gasteiger partial charge in [0, 0.05) is 37.5 Å². The summed E-state index contributed by atoms with van der Waals surface area (Å²) in [6, 6.07) is 16.7. The SMILES string of the molecule is Cn1ncc(N2CCC(C(=O)Nc3ccc4oc(-c5ccccc5)nc4c3)C2)cc1=O. The fourth-order valence-electron chi connectivity index (χ4n) is 3.80. The molecule has 0 saturated carbocycles. The number of carbonyl (C=O) groups excluding carboxylic acids is 1. The van der Waals surface area contributed by atoms with Crippen molar-refractivity contribution in [2.75, 3.05) is 23.3 Å². The lowest BCUT2D eigenvalue weighted by atomic mass is 10.1. The lowest BCUT2D eigenvalue weighted by Crippen LogP contribution is -2.28. The first-order valence-corrected chi connectivity index (χ1v) is 10.1. The maximum absolute atomic E-state index is 12.8. The fourth-order valence-corrected chi connectivity index (χ4v) is 3.80. The smallest absolute Gasteiger partial charge is 0.268 e. The first-order chi connectivity index (χ1) is 15.1. The summed E-state index contributed by atoms with van der Waals surface area (Å²) in [7, 11) is 1.61. The fraction of sp³-hybridized carbons (Fsp3) is 0.217. The number of carbonyl (C=O) groups is 1. The molecule has 0 bridgehead atoms. The number of aryl methyl sites for hydroxylation is 1. The van der Waals surface area contributed by atoms with Gasteiger partial charge in [-0.05, 0) is 36.8 Å². The van der Waals surface area contributed by atoms with Gasteiger partial charge in [-0.15, -0.1) is 0 Å². The maximum Gasteiger partial charge on any atom is 0.268 e. The van der Waals surface area contributed by atoms with Gasteiger partial charge in [0.2, 0.25) is 11.8 Å². The van der Waals surface area contributed by atoms with Crippen molar-refractivity contribution in [2.24, 2.45) is 13.0 Å². The average Bonchev–Trinajstić information content (AvgIpc) is 3.43. The molecule has 2 aromatic heterocycles. The van der Waals surface area contributed by atoms with Crippen molar-refractivity contribution in [1.29, 1.82) is 0 Å². The highest BCUT2D eigenvalue weighted by Gasteiger charge is 2.29. The highest BCUT2D eigenvalue weighted by Crippen LogP contribution is 2.27. The third kappa shape index (κ3) is 3.79. The molecule has 1 saturated heterocycles. The van der Waals surface area contributed by atoms with Crippen molar-refractivity contribution in [2.45, 2.75) is 6.42 Å². The van der Waals surface area contributed by atoms with Crippen LogP contribution >= 0.6 is 0 Å². The third-order valence-corrected chi connectivity index (χ3v) is 5.55. The van der Waals surface area contributed by atoms with Crippen LogP contribution in [0.3, 0.4) is 0 Å². The predicted octanol–water partition coefficient (Wildman–Crippen LogP) is 3.05. The van der Waals surface area contributed by atoms with Crippen LogP contribution in [0.1, 0.15) is 6.42 Å². The van der Waals surface area contributed by atoms with Gasteiger partial charge in [0.15, 0.2) is 5.58 Å². The van der Waals surface area contributed by atoms with E-state index < -0.39 is 0 Å². The number of amides is 1. The Morgan fingerprint density at radius 1 is 1.16 bits per heavy atom. The molecular formula is C23H21N5O3. The van der Waals surface area contributed by atoms with Crippen LogP contribution in [0.4, 0.5) is 11.4 Å². The molecule has 1 amide bonds. The topological polar surface area (TPSA) is 93.3 Å².